The van der Waals surface area contributed by atoms with Gasteiger partial charge in [0.2, 0.25) is 0 Å². The molecule has 0 aliphatic rings. The van der Waals surface area contributed by atoms with E-state index in [4.69, 9.17) is 0 Å². The molecule has 2 nitrogen and oxygen atoms in total. The molecule has 1 aromatic carbocycles. The lowest BCUT2D eigenvalue weighted by Gasteiger charge is -2.08. The van der Waals surface area contributed by atoms with Crippen molar-refractivity contribution in [1.82, 2.24) is 0 Å². The molecule has 0 aliphatic heterocycles. The van der Waals surface area contributed by atoms with Gasteiger partial charge in [-0.1, -0.05) is 19.1 Å². The molecule has 0 amide bonds. The van der Waals surface area contributed by atoms with Crippen molar-refractivity contribution in [2.75, 3.05) is 11.9 Å². The normalized spacial score (nSPS) is 9.69. The Morgan fingerprint density at radius 1 is 1.38 bits per heavy atom. The highest BCUT2D eigenvalue weighted by Gasteiger charge is 2.03. The van der Waals surface area contributed by atoms with Crippen LogP contribution in [0.15, 0.2) is 24.3 Å². The molecule has 0 saturated carbocycles. The number of hydrogen-bond donors (Lipinski definition) is 1. The molecule has 0 aliphatic carbocycles. The van der Waals surface area contributed by atoms with E-state index in [0.717, 1.165) is 24.2 Å². The molecule has 13 heavy (non-hydrogen) atoms. The molecule has 0 saturated heterocycles. The number of benzene rings is 1. The summed E-state index contributed by atoms with van der Waals surface area (Å²) >= 11 is 0. The van der Waals surface area contributed by atoms with E-state index >= 15 is 0 Å². The highest BCUT2D eigenvalue weighted by molar-refractivity contribution is 5.99. The molecule has 0 heterocycles. The number of carbonyl (C=O) groups is 1. The molecule has 0 fully saturated rings. The minimum absolute atomic E-state index is 0.110. The molecule has 0 spiro atoms. The van der Waals surface area contributed by atoms with Gasteiger partial charge in [0, 0.05) is 17.8 Å². The molecular formula is C11H15NO. The molecule has 0 bridgehead atoms. The van der Waals surface area contributed by atoms with Gasteiger partial charge in [-0.2, -0.15) is 0 Å². The Kier molecular flexibility index (Phi) is 3.50. The summed E-state index contributed by atoms with van der Waals surface area (Å²) in [6.07, 6.45) is 1.06. The summed E-state index contributed by atoms with van der Waals surface area (Å²) in [6, 6.07) is 7.60. The van der Waals surface area contributed by atoms with E-state index in [1.807, 2.05) is 24.3 Å². The summed E-state index contributed by atoms with van der Waals surface area (Å²) in [5.41, 5.74) is 1.72. The van der Waals surface area contributed by atoms with Crippen molar-refractivity contribution in [2.24, 2.45) is 0 Å². The fourth-order valence-corrected chi connectivity index (χ4v) is 1.20. The molecule has 1 aromatic rings. The largest absolute Gasteiger partial charge is 0.384 e. The first-order valence-corrected chi connectivity index (χ1v) is 4.59. The molecule has 0 atom stereocenters. The number of nitrogens with one attached hydrogen (secondary N) is 1. The Morgan fingerprint density at radius 3 is 2.69 bits per heavy atom. The van der Waals surface area contributed by atoms with Crippen molar-refractivity contribution in [2.45, 2.75) is 20.3 Å². The number of rotatable bonds is 4. The Bertz CT molecular complexity index is 294. The molecular weight excluding hydrogens is 162 g/mol. The summed E-state index contributed by atoms with van der Waals surface area (Å²) < 4.78 is 0. The summed E-state index contributed by atoms with van der Waals surface area (Å²) in [4.78, 5) is 11.2. The number of anilines is 1. The summed E-state index contributed by atoms with van der Waals surface area (Å²) in [5, 5.41) is 3.22. The van der Waals surface area contributed by atoms with Crippen molar-refractivity contribution in [3.8, 4) is 0 Å². The lowest BCUT2D eigenvalue weighted by atomic mass is 10.1. The van der Waals surface area contributed by atoms with Crippen LogP contribution in [0.1, 0.15) is 30.6 Å². The van der Waals surface area contributed by atoms with Crippen LogP contribution >= 0.6 is 0 Å². The van der Waals surface area contributed by atoms with Crippen molar-refractivity contribution in [3.63, 3.8) is 0 Å². The van der Waals surface area contributed by atoms with Crippen LogP contribution in [0.2, 0.25) is 0 Å². The van der Waals surface area contributed by atoms with E-state index in [1.165, 1.54) is 0 Å². The van der Waals surface area contributed by atoms with Crippen LogP contribution in [-0.4, -0.2) is 12.3 Å². The Balaban J connectivity index is 2.84. The number of ketones is 1. The van der Waals surface area contributed by atoms with Crippen molar-refractivity contribution in [3.05, 3.63) is 29.8 Å². The van der Waals surface area contributed by atoms with E-state index in [1.54, 1.807) is 6.92 Å². The van der Waals surface area contributed by atoms with E-state index in [0.29, 0.717) is 0 Å². The standard InChI is InChI=1S/C11H15NO/c1-3-8-12-11-7-5-4-6-10(11)9(2)13/h4-7,12H,3,8H2,1-2H3. The quantitative estimate of drug-likeness (QED) is 0.716. The predicted octanol–water partition coefficient (Wildman–Crippen LogP) is 2.71. The second-order valence-corrected chi connectivity index (χ2v) is 3.03. The van der Waals surface area contributed by atoms with Crippen molar-refractivity contribution >= 4 is 11.5 Å². The zero-order chi connectivity index (χ0) is 9.68. The van der Waals surface area contributed by atoms with Crippen LogP contribution in [-0.2, 0) is 0 Å². The lowest BCUT2D eigenvalue weighted by Crippen LogP contribution is -2.05. The number of para-hydroxylation sites is 1. The Hall–Kier alpha value is -1.31. The first-order chi connectivity index (χ1) is 6.25. The lowest BCUT2D eigenvalue weighted by molar-refractivity contribution is 0.101. The van der Waals surface area contributed by atoms with Gasteiger partial charge >= 0.3 is 0 Å². The van der Waals surface area contributed by atoms with Crippen LogP contribution < -0.4 is 5.32 Å². The molecule has 2 heteroatoms. The van der Waals surface area contributed by atoms with Gasteiger partial charge in [-0.3, -0.25) is 4.79 Å². The molecule has 0 aromatic heterocycles. The molecule has 1 N–H and O–H groups in total. The second-order valence-electron chi connectivity index (χ2n) is 3.03. The molecule has 1 rings (SSSR count). The SMILES string of the molecule is CCCNc1ccccc1C(C)=O. The molecule has 0 unspecified atom stereocenters. The van der Waals surface area contributed by atoms with Crippen LogP contribution in [0.4, 0.5) is 5.69 Å². The molecule has 70 valence electrons. The molecule has 0 radical (unpaired) electrons. The van der Waals surface area contributed by atoms with E-state index < -0.39 is 0 Å². The van der Waals surface area contributed by atoms with Gasteiger partial charge in [0.1, 0.15) is 0 Å². The third-order valence-corrected chi connectivity index (χ3v) is 1.87. The predicted molar refractivity (Wildman–Crippen MR) is 55.2 cm³/mol. The average molecular weight is 177 g/mol. The number of hydrogen-bond acceptors (Lipinski definition) is 2. The van der Waals surface area contributed by atoms with Crippen molar-refractivity contribution < 1.29 is 4.79 Å². The zero-order valence-corrected chi connectivity index (χ0v) is 8.13. The maximum atomic E-state index is 11.2. The van der Waals surface area contributed by atoms with Gasteiger partial charge in [-0.15, -0.1) is 0 Å². The van der Waals surface area contributed by atoms with Crippen molar-refractivity contribution in [1.29, 1.82) is 0 Å². The van der Waals surface area contributed by atoms with Crippen LogP contribution in [0.3, 0.4) is 0 Å². The summed E-state index contributed by atoms with van der Waals surface area (Å²) in [7, 11) is 0. The van der Waals surface area contributed by atoms with E-state index in [-0.39, 0.29) is 5.78 Å². The van der Waals surface area contributed by atoms with Crippen LogP contribution in [0.25, 0.3) is 0 Å². The van der Waals surface area contributed by atoms with E-state index in [2.05, 4.69) is 12.2 Å². The van der Waals surface area contributed by atoms with Gasteiger partial charge in [0.25, 0.3) is 0 Å². The third kappa shape index (κ3) is 2.58. The average Bonchev–Trinajstić information content (AvgIpc) is 2.15. The first kappa shape index (κ1) is 9.78. The maximum absolute atomic E-state index is 11.2. The van der Waals surface area contributed by atoms with Gasteiger partial charge in [-0.25, -0.2) is 0 Å². The minimum atomic E-state index is 0.110. The highest BCUT2D eigenvalue weighted by Crippen LogP contribution is 2.14. The third-order valence-electron chi connectivity index (χ3n) is 1.87. The Morgan fingerprint density at radius 2 is 2.08 bits per heavy atom. The van der Waals surface area contributed by atoms with E-state index in [9.17, 15) is 4.79 Å². The second kappa shape index (κ2) is 4.65. The van der Waals surface area contributed by atoms with Gasteiger partial charge < -0.3 is 5.32 Å². The number of Topliss-reactive ketones (excluding diaryl/α,β-unsaturated/α-hetero) is 1. The zero-order valence-electron chi connectivity index (χ0n) is 8.13. The van der Waals surface area contributed by atoms with Crippen LogP contribution in [0, 0.1) is 0 Å². The van der Waals surface area contributed by atoms with Gasteiger partial charge in [0.15, 0.2) is 5.78 Å². The van der Waals surface area contributed by atoms with Crippen LogP contribution in [0.5, 0.6) is 0 Å². The van der Waals surface area contributed by atoms with Gasteiger partial charge in [-0.05, 0) is 25.5 Å². The summed E-state index contributed by atoms with van der Waals surface area (Å²) in [5.74, 6) is 0.110. The topological polar surface area (TPSA) is 29.1 Å². The highest BCUT2D eigenvalue weighted by atomic mass is 16.1. The first-order valence-electron chi connectivity index (χ1n) is 4.59. The summed E-state index contributed by atoms with van der Waals surface area (Å²) in [6.45, 7) is 4.60. The Labute approximate surface area is 79.0 Å². The monoisotopic (exact) mass is 177 g/mol. The fourth-order valence-electron chi connectivity index (χ4n) is 1.20. The number of carbonyl (C=O) groups excluding carboxylic acids is 1. The minimum Gasteiger partial charge on any atom is -0.384 e. The smallest absolute Gasteiger partial charge is 0.161 e. The maximum Gasteiger partial charge on any atom is 0.161 e. The fraction of sp³-hybridized carbons (Fsp3) is 0.364. The van der Waals surface area contributed by atoms with Gasteiger partial charge in [0.05, 0.1) is 0 Å².